The highest BCUT2D eigenvalue weighted by molar-refractivity contribution is 7.80. The highest BCUT2D eigenvalue weighted by Gasteiger charge is 2.06. The minimum Gasteiger partial charge on any atom is -0.504 e. The van der Waals surface area contributed by atoms with Crippen LogP contribution in [-0.4, -0.2) is 41.6 Å². The van der Waals surface area contributed by atoms with Crippen LogP contribution in [0.2, 0.25) is 0 Å². The van der Waals surface area contributed by atoms with E-state index in [1.807, 2.05) is 13.0 Å². The number of thiocarbonyl (C=S) groups is 1. The van der Waals surface area contributed by atoms with Crippen molar-refractivity contribution in [3.63, 3.8) is 0 Å². The Kier molecular flexibility index (Phi) is 7.53. The summed E-state index contributed by atoms with van der Waals surface area (Å²) in [6.45, 7) is 5.33. The van der Waals surface area contributed by atoms with Gasteiger partial charge in [-0.05, 0) is 37.7 Å². The Bertz CT molecular complexity index is 492. The Morgan fingerprint density at radius 3 is 2.90 bits per heavy atom. The van der Waals surface area contributed by atoms with Gasteiger partial charge in [0.1, 0.15) is 0 Å². The Hall–Kier alpha value is -1.82. The lowest BCUT2D eigenvalue weighted by Gasteiger charge is -2.15. The zero-order valence-corrected chi connectivity index (χ0v) is 13.6. The monoisotopic (exact) mass is 309 g/mol. The molecule has 0 bridgehead atoms. The molecule has 0 aliphatic carbocycles. The molecule has 0 atom stereocenters. The van der Waals surface area contributed by atoms with Gasteiger partial charge in [-0.1, -0.05) is 19.4 Å². The lowest BCUT2D eigenvalue weighted by molar-refractivity contribution is 0.318. The van der Waals surface area contributed by atoms with E-state index in [0.717, 1.165) is 19.4 Å². The fourth-order valence-corrected chi connectivity index (χ4v) is 1.75. The van der Waals surface area contributed by atoms with E-state index in [-0.39, 0.29) is 5.75 Å². The van der Waals surface area contributed by atoms with Crippen molar-refractivity contribution in [2.45, 2.75) is 26.7 Å². The fraction of sp³-hybridized carbons (Fsp3) is 0.467. The molecule has 0 aromatic heterocycles. The Balaban J connectivity index is 2.67. The molecule has 0 saturated heterocycles. The van der Waals surface area contributed by atoms with E-state index in [0.29, 0.717) is 23.0 Å². The molecule has 0 saturated carbocycles. The highest BCUT2D eigenvalue weighted by atomic mass is 32.1. The van der Waals surface area contributed by atoms with Crippen molar-refractivity contribution in [2.75, 3.05) is 20.2 Å². The average Bonchev–Trinajstić information content (AvgIpc) is 2.48. The third-order valence-electron chi connectivity index (χ3n) is 2.80. The molecule has 0 heterocycles. The van der Waals surface area contributed by atoms with E-state index in [1.165, 1.54) is 0 Å². The van der Waals surface area contributed by atoms with E-state index in [2.05, 4.69) is 17.3 Å². The summed E-state index contributed by atoms with van der Waals surface area (Å²) >= 11 is 5.22. The van der Waals surface area contributed by atoms with Gasteiger partial charge in [-0.25, -0.2) is 5.01 Å². The van der Waals surface area contributed by atoms with Gasteiger partial charge in [0.2, 0.25) is 0 Å². The number of nitrogens with zero attached hydrogens (tertiary/aromatic N) is 2. The van der Waals surface area contributed by atoms with E-state index >= 15 is 0 Å². The van der Waals surface area contributed by atoms with E-state index in [4.69, 9.17) is 17.0 Å². The molecule has 21 heavy (non-hydrogen) atoms. The van der Waals surface area contributed by atoms with Gasteiger partial charge in [-0.2, -0.15) is 5.10 Å². The second kappa shape index (κ2) is 9.18. The SMILES string of the molecule is CCCCNC(=S)N(C)/N=C/c1cccc(OCC)c1O. The van der Waals surface area contributed by atoms with Crippen LogP contribution in [0.4, 0.5) is 0 Å². The van der Waals surface area contributed by atoms with Crippen molar-refractivity contribution in [3.05, 3.63) is 23.8 Å². The zero-order valence-electron chi connectivity index (χ0n) is 12.8. The van der Waals surface area contributed by atoms with E-state index < -0.39 is 0 Å². The maximum atomic E-state index is 10.1. The molecule has 0 aliphatic rings. The summed E-state index contributed by atoms with van der Waals surface area (Å²) in [6.07, 6.45) is 3.74. The first-order valence-corrected chi connectivity index (χ1v) is 7.51. The maximum Gasteiger partial charge on any atom is 0.189 e. The number of hydrogen-bond acceptors (Lipinski definition) is 4. The van der Waals surface area contributed by atoms with E-state index in [1.54, 1.807) is 30.4 Å². The molecule has 1 aromatic rings. The van der Waals surface area contributed by atoms with Crippen LogP contribution in [0.25, 0.3) is 0 Å². The number of benzene rings is 1. The average molecular weight is 309 g/mol. The predicted molar refractivity (Wildman–Crippen MR) is 90.1 cm³/mol. The van der Waals surface area contributed by atoms with Crippen LogP contribution < -0.4 is 10.1 Å². The minimum atomic E-state index is 0.0846. The summed E-state index contributed by atoms with van der Waals surface area (Å²) in [7, 11) is 1.77. The third kappa shape index (κ3) is 5.59. The Morgan fingerprint density at radius 2 is 2.24 bits per heavy atom. The van der Waals surface area contributed by atoms with Crippen molar-refractivity contribution in [1.82, 2.24) is 10.3 Å². The topological polar surface area (TPSA) is 57.1 Å². The smallest absolute Gasteiger partial charge is 0.189 e. The molecule has 1 aromatic carbocycles. The highest BCUT2D eigenvalue weighted by Crippen LogP contribution is 2.28. The number of ether oxygens (including phenoxy) is 1. The first-order valence-electron chi connectivity index (χ1n) is 7.10. The molecule has 0 unspecified atom stereocenters. The molecule has 0 fully saturated rings. The van der Waals surface area contributed by atoms with Crippen molar-refractivity contribution in [3.8, 4) is 11.5 Å². The predicted octanol–water partition coefficient (Wildman–Crippen LogP) is 2.73. The summed E-state index contributed by atoms with van der Waals surface area (Å²) in [5, 5.41) is 19.5. The second-order valence-electron chi connectivity index (χ2n) is 4.48. The standard InChI is InChI=1S/C15H23N3O2S/c1-4-6-10-16-15(21)18(3)17-11-12-8-7-9-13(14(12)19)20-5-2/h7-9,11,19H,4-6,10H2,1-3H3,(H,16,21)/b17-11+. The molecule has 0 spiro atoms. The van der Waals surface area contributed by atoms with Gasteiger partial charge in [-0.3, -0.25) is 0 Å². The van der Waals surface area contributed by atoms with Crippen LogP contribution in [-0.2, 0) is 0 Å². The van der Waals surface area contributed by atoms with Gasteiger partial charge in [0, 0.05) is 19.2 Å². The maximum absolute atomic E-state index is 10.1. The molecule has 1 rings (SSSR count). The summed E-state index contributed by atoms with van der Waals surface area (Å²) < 4.78 is 5.33. The molecule has 116 valence electrons. The molecule has 0 radical (unpaired) electrons. The Morgan fingerprint density at radius 1 is 1.48 bits per heavy atom. The van der Waals surface area contributed by atoms with Crippen molar-refractivity contribution in [1.29, 1.82) is 0 Å². The normalized spacial score (nSPS) is 10.6. The fourth-order valence-electron chi connectivity index (χ4n) is 1.60. The van der Waals surface area contributed by atoms with Gasteiger partial charge < -0.3 is 15.2 Å². The van der Waals surface area contributed by atoms with Gasteiger partial charge in [0.05, 0.1) is 12.8 Å². The molecule has 5 nitrogen and oxygen atoms in total. The molecular weight excluding hydrogens is 286 g/mol. The lowest BCUT2D eigenvalue weighted by atomic mass is 10.2. The van der Waals surface area contributed by atoms with Crippen LogP contribution in [0.15, 0.2) is 23.3 Å². The minimum absolute atomic E-state index is 0.0846. The molecule has 6 heteroatoms. The van der Waals surface area contributed by atoms with Crippen molar-refractivity contribution in [2.24, 2.45) is 5.10 Å². The number of unbranched alkanes of at least 4 members (excludes halogenated alkanes) is 1. The van der Waals surface area contributed by atoms with Crippen LogP contribution in [0, 0.1) is 0 Å². The first kappa shape index (κ1) is 17.2. The molecular formula is C15H23N3O2S. The molecule has 2 N–H and O–H groups in total. The summed E-state index contributed by atoms with van der Waals surface area (Å²) in [5.74, 6) is 0.536. The van der Waals surface area contributed by atoms with Gasteiger partial charge in [-0.15, -0.1) is 0 Å². The third-order valence-corrected chi connectivity index (χ3v) is 3.21. The van der Waals surface area contributed by atoms with Crippen molar-refractivity contribution < 1.29 is 9.84 Å². The zero-order chi connectivity index (χ0) is 15.7. The van der Waals surface area contributed by atoms with Gasteiger partial charge in [0.15, 0.2) is 16.6 Å². The number of phenolic OH excluding ortho intramolecular Hbond substituents is 1. The quantitative estimate of drug-likeness (QED) is 0.351. The van der Waals surface area contributed by atoms with Crippen LogP contribution >= 0.6 is 12.2 Å². The summed E-state index contributed by atoms with van der Waals surface area (Å²) in [5.41, 5.74) is 0.587. The summed E-state index contributed by atoms with van der Waals surface area (Å²) in [4.78, 5) is 0. The number of hydrazone groups is 1. The second-order valence-corrected chi connectivity index (χ2v) is 4.87. The van der Waals surface area contributed by atoms with E-state index in [9.17, 15) is 5.11 Å². The van der Waals surface area contributed by atoms with Crippen molar-refractivity contribution >= 4 is 23.5 Å². The van der Waals surface area contributed by atoms with Crippen LogP contribution in [0.5, 0.6) is 11.5 Å². The number of para-hydroxylation sites is 1. The lowest BCUT2D eigenvalue weighted by Crippen LogP contribution is -2.34. The number of phenols is 1. The number of aromatic hydroxyl groups is 1. The van der Waals surface area contributed by atoms with Gasteiger partial charge in [0.25, 0.3) is 0 Å². The Labute approximate surface area is 131 Å². The number of nitrogens with one attached hydrogen (secondary N) is 1. The molecule has 0 aliphatic heterocycles. The van der Waals surface area contributed by atoms with Crippen LogP contribution in [0.1, 0.15) is 32.3 Å². The molecule has 0 amide bonds. The first-order chi connectivity index (χ1) is 10.1. The summed E-state index contributed by atoms with van der Waals surface area (Å²) in [6, 6.07) is 5.30. The largest absolute Gasteiger partial charge is 0.504 e. The van der Waals surface area contributed by atoms with Gasteiger partial charge >= 0.3 is 0 Å². The number of rotatable bonds is 7. The number of hydrogen-bond donors (Lipinski definition) is 2. The van der Waals surface area contributed by atoms with Crippen LogP contribution in [0.3, 0.4) is 0 Å².